The molecule has 1 aliphatic heterocycles. The number of hydrazone groups is 1. The van der Waals surface area contributed by atoms with E-state index < -0.39 is 34.4 Å². The molecule has 0 amide bonds. The third-order valence-electron chi connectivity index (χ3n) is 8.35. The van der Waals surface area contributed by atoms with E-state index in [4.69, 9.17) is 23.7 Å². The highest BCUT2D eigenvalue weighted by atomic mass is 32.2. The molecule has 264 valence electrons. The van der Waals surface area contributed by atoms with Crippen molar-refractivity contribution in [2.24, 2.45) is 5.10 Å². The first-order valence-electron chi connectivity index (χ1n) is 16.9. The summed E-state index contributed by atoms with van der Waals surface area (Å²) >= 11 is 0. The lowest BCUT2D eigenvalue weighted by Gasteiger charge is -2.42. The molecular weight excluding hydrogens is 665 g/mol. The number of benzene rings is 5. The standard InChI is InChI=1S/C41H42N2O7S/c1-31-22-24-36(25-23-31)51(44,45)43-42-41-40(49-29-35-20-12-5-13-21-35)39(48-28-34-18-10-4-11-19-34)38(47-27-33-16-8-3-9-17-33)37(50-41)30-46-26-32-14-6-2-7-15-32/h2-25,37-40,43H,26-30H2,1H3/b42-41-/t37-,38+,39+,40-/m1/s1. The molecule has 10 heteroatoms. The van der Waals surface area contributed by atoms with Gasteiger partial charge in [0, 0.05) is 0 Å². The second-order valence-corrected chi connectivity index (χ2v) is 13.9. The summed E-state index contributed by atoms with van der Waals surface area (Å²) in [5, 5.41) is 4.36. The van der Waals surface area contributed by atoms with Gasteiger partial charge in [-0.2, -0.15) is 13.2 Å². The molecule has 1 heterocycles. The zero-order valence-electron chi connectivity index (χ0n) is 28.4. The summed E-state index contributed by atoms with van der Waals surface area (Å²) in [5.74, 6) is 0.00699. The smallest absolute Gasteiger partial charge is 0.276 e. The van der Waals surface area contributed by atoms with Gasteiger partial charge >= 0.3 is 0 Å². The molecule has 0 bridgehead atoms. The fourth-order valence-electron chi connectivity index (χ4n) is 5.62. The summed E-state index contributed by atoms with van der Waals surface area (Å²) in [5.41, 5.74) is 4.76. The highest BCUT2D eigenvalue weighted by molar-refractivity contribution is 7.89. The van der Waals surface area contributed by atoms with Crippen LogP contribution in [0.2, 0.25) is 0 Å². The van der Waals surface area contributed by atoms with Crippen LogP contribution in [0.5, 0.6) is 0 Å². The van der Waals surface area contributed by atoms with E-state index >= 15 is 0 Å². The lowest BCUT2D eigenvalue weighted by molar-refractivity contribution is -0.196. The van der Waals surface area contributed by atoms with E-state index in [-0.39, 0.29) is 37.2 Å². The SMILES string of the molecule is Cc1ccc(S(=O)(=O)N/N=C2\O[C@H](COCc3ccccc3)[C@H](OCc3ccccc3)[C@H](OCc3ccccc3)[C@H]2OCc2ccccc2)cc1. The van der Waals surface area contributed by atoms with Gasteiger partial charge in [0.1, 0.15) is 12.2 Å². The molecule has 6 rings (SSSR count). The number of rotatable bonds is 16. The van der Waals surface area contributed by atoms with E-state index in [1.807, 2.05) is 128 Å². The van der Waals surface area contributed by atoms with Crippen molar-refractivity contribution < 1.29 is 32.1 Å². The van der Waals surface area contributed by atoms with Crippen LogP contribution in [0.25, 0.3) is 0 Å². The molecule has 0 unspecified atom stereocenters. The van der Waals surface area contributed by atoms with Gasteiger partial charge in [0.2, 0.25) is 5.90 Å². The fraction of sp³-hybridized carbons (Fsp3) is 0.244. The lowest BCUT2D eigenvalue weighted by Crippen LogP contribution is -2.60. The molecule has 1 aliphatic rings. The van der Waals surface area contributed by atoms with Crippen LogP contribution >= 0.6 is 0 Å². The third kappa shape index (κ3) is 10.3. The second-order valence-electron chi connectivity index (χ2n) is 12.3. The van der Waals surface area contributed by atoms with Gasteiger partial charge in [0.25, 0.3) is 10.0 Å². The first kappa shape index (κ1) is 36.0. The summed E-state index contributed by atoms with van der Waals surface area (Å²) in [6, 6.07) is 45.6. The summed E-state index contributed by atoms with van der Waals surface area (Å²) in [4.78, 5) is 2.45. The molecule has 5 aromatic rings. The summed E-state index contributed by atoms with van der Waals surface area (Å²) in [6.45, 7) is 3.02. The Labute approximate surface area is 299 Å². The maximum atomic E-state index is 13.4. The maximum Gasteiger partial charge on any atom is 0.276 e. The summed E-state index contributed by atoms with van der Waals surface area (Å²) in [7, 11) is -4.05. The summed E-state index contributed by atoms with van der Waals surface area (Å²) < 4.78 is 59.4. The van der Waals surface area contributed by atoms with Crippen molar-refractivity contribution in [3.8, 4) is 0 Å². The third-order valence-corrected chi connectivity index (χ3v) is 9.57. The molecule has 0 radical (unpaired) electrons. The van der Waals surface area contributed by atoms with Gasteiger partial charge in [-0.15, -0.1) is 5.10 Å². The minimum atomic E-state index is -4.05. The first-order chi connectivity index (χ1) is 24.9. The lowest BCUT2D eigenvalue weighted by atomic mass is 9.98. The molecule has 51 heavy (non-hydrogen) atoms. The minimum Gasteiger partial charge on any atom is -0.469 e. The van der Waals surface area contributed by atoms with Crippen LogP contribution in [0, 0.1) is 6.92 Å². The molecule has 1 N–H and O–H groups in total. The Kier molecular flexibility index (Phi) is 12.6. The van der Waals surface area contributed by atoms with Gasteiger partial charge in [-0.25, -0.2) is 0 Å². The molecule has 0 aliphatic carbocycles. The topological polar surface area (TPSA) is 105 Å². The predicted octanol–water partition coefficient (Wildman–Crippen LogP) is 6.96. The normalized spacial score (nSPS) is 19.7. The fourth-order valence-corrected chi connectivity index (χ4v) is 6.43. The number of hydrogen-bond acceptors (Lipinski definition) is 8. The van der Waals surface area contributed by atoms with Crippen LogP contribution in [0.1, 0.15) is 27.8 Å². The number of sulfonamides is 1. The second kappa shape index (κ2) is 17.9. The molecular formula is C41H42N2O7S. The molecule has 0 spiro atoms. The average Bonchev–Trinajstić information content (AvgIpc) is 3.17. The molecule has 1 fully saturated rings. The Morgan fingerprint density at radius 3 is 1.55 bits per heavy atom. The summed E-state index contributed by atoms with van der Waals surface area (Å²) in [6.07, 6.45) is -3.17. The molecule has 5 aromatic carbocycles. The van der Waals surface area contributed by atoms with E-state index in [2.05, 4.69) is 9.93 Å². The minimum absolute atomic E-state index is 0.00699. The van der Waals surface area contributed by atoms with Gasteiger partial charge < -0.3 is 23.7 Å². The first-order valence-corrected chi connectivity index (χ1v) is 18.3. The highest BCUT2D eigenvalue weighted by Crippen LogP contribution is 2.29. The number of aryl methyl sites for hydroxylation is 1. The van der Waals surface area contributed by atoms with Crippen molar-refractivity contribution >= 4 is 15.9 Å². The Morgan fingerprint density at radius 2 is 1.04 bits per heavy atom. The number of ether oxygens (including phenoxy) is 5. The molecule has 9 nitrogen and oxygen atoms in total. The number of nitrogens with zero attached hydrogens (tertiary/aromatic N) is 1. The Bertz CT molecular complexity index is 1910. The van der Waals surface area contributed by atoms with Crippen molar-refractivity contribution in [2.75, 3.05) is 6.61 Å². The molecule has 0 aromatic heterocycles. The molecule has 4 atom stereocenters. The largest absolute Gasteiger partial charge is 0.469 e. The van der Waals surface area contributed by atoms with Crippen LogP contribution in [0.3, 0.4) is 0 Å². The van der Waals surface area contributed by atoms with Crippen LogP contribution in [0.4, 0.5) is 0 Å². The van der Waals surface area contributed by atoms with E-state index in [9.17, 15) is 8.42 Å². The number of hydrogen-bond donors (Lipinski definition) is 1. The average molecular weight is 707 g/mol. The maximum absolute atomic E-state index is 13.4. The zero-order chi connectivity index (χ0) is 35.3. The van der Waals surface area contributed by atoms with Crippen molar-refractivity contribution in [2.45, 2.75) is 62.7 Å². The van der Waals surface area contributed by atoms with Crippen molar-refractivity contribution in [3.63, 3.8) is 0 Å². The van der Waals surface area contributed by atoms with Crippen LogP contribution in [-0.4, -0.2) is 45.3 Å². The molecule has 1 saturated heterocycles. The van der Waals surface area contributed by atoms with Gasteiger partial charge in [-0.3, -0.25) is 0 Å². The van der Waals surface area contributed by atoms with Crippen molar-refractivity contribution in [3.05, 3.63) is 173 Å². The van der Waals surface area contributed by atoms with E-state index in [1.165, 1.54) is 12.1 Å². The van der Waals surface area contributed by atoms with E-state index in [1.54, 1.807) is 12.1 Å². The quantitative estimate of drug-likeness (QED) is 0.111. The number of nitrogens with one attached hydrogen (secondary N) is 1. The molecule has 0 saturated carbocycles. The van der Waals surface area contributed by atoms with Crippen LogP contribution in [-0.2, 0) is 60.1 Å². The van der Waals surface area contributed by atoms with Crippen molar-refractivity contribution in [1.29, 1.82) is 0 Å². The van der Waals surface area contributed by atoms with E-state index in [0.29, 0.717) is 6.61 Å². The zero-order valence-corrected chi connectivity index (χ0v) is 29.2. The van der Waals surface area contributed by atoms with E-state index in [0.717, 1.165) is 27.8 Å². The Balaban J connectivity index is 1.35. The van der Waals surface area contributed by atoms with Gasteiger partial charge in [0.05, 0.1) is 37.9 Å². The van der Waals surface area contributed by atoms with Gasteiger partial charge in [-0.05, 0) is 41.3 Å². The monoisotopic (exact) mass is 706 g/mol. The highest BCUT2D eigenvalue weighted by Gasteiger charge is 2.48. The predicted molar refractivity (Wildman–Crippen MR) is 195 cm³/mol. The Hall–Kier alpha value is -4.84. The van der Waals surface area contributed by atoms with Crippen molar-refractivity contribution in [1.82, 2.24) is 4.83 Å². The van der Waals surface area contributed by atoms with Crippen LogP contribution < -0.4 is 4.83 Å². The van der Waals surface area contributed by atoms with Gasteiger partial charge in [0.15, 0.2) is 12.2 Å². The van der Waals surface area contributed by atoms with Gasteiger partial charge in [-0.1, -0.05) is 139 Å². The van der Waals surface area contributed by atoms with Crippen LogP contribution in [0.15, 0.2) is 156 Å². The Morgan fingerprint density at radius 1 is 0.588 bits per heavy atom.